The molecule has 3 nitrogen and oxygen atoms in total. The molecule has 0 saturated carbocycles. The molecule has 2 fully saturated rings. The lowest BCUT2D eigenvalue weighted by atomic mass is 9.82. The van der Waals surface area contributed by atoms with Crippen LogP contribution in [0.4, 0.5) is 0 Å². The highest BCUT2D eigenvalue weighted by atomic mass is 32.1. The summed E-state index contributed by atoms with van der Waals surface area (Å²) in [6.45, 7) is 2.22. The van der Waals surface area contributed by atoms with Crippen LogP contribution in [0.2, 0.25) is 0 Å². The first-order valence-corrected chi connectivity index (χ1v) is 8.82. The minimum Gasteiger partial charge on any atom is -0.387 e. The number of thiophene rings is 2. The van der Waals surface area contributed by atoms with Crippen LogP contribution in [0.3, 0.4) is 0 Å². The highest BCUT2D eigenvalue weighted by Gasteiger charge is 2.43. The Hall–Kier alpha value is -0.460. The smallest absolute Gasteiger partial charge is 0.0940 e. The Labute approximate surface area is 126 Å². The zero-order valence-corrected chi connectivity index (χ0v) is 12.8. The van der Waals surface area contributed by atoms with Crippen molar-refractivity contribution in [3.63, 3.8) is 0 Å². The number of fused-ring (bicyclic) bond motifs is 1. The summed E-state index contributed by atoms with van der Waals surface area (Å²) in [7, 11) is 0. The van der Waals surface area contributed by atoms with Crippen LogP contribution in [0.25, 0.3) is 9.40 Å². The minimum absolute atomic E-state index is 0.126. The second kappa shape index (κ2) is 5.07. The molecular weight excluding hydrogens is 292 g/mol. The molecule has 0 radical (unpaired) electrons. The lowest BCUT2D eigenvalue weighted by molar-refractivity contribution is -0.116. The molecule has 0 aromatic carbocycles. The van der Waals surface area contributed by atoms with Gasteiger partial charge in [-0.2, -0.15) is 0 Å². The van der Waals surface area contributed by atoms with E-state index in [1.54, 1.807) is 22.7 Å². The Morgan fingerprint density at radius 3 is 3.10 bits per heavy atom. The van der Waals surface area contributed by atoms with Gasteiger partial charge in [0.1, 0.15) is 0 Å². The van der Waals surface area contributed by atoms with Crippen LogP contribution in [0.1, 0.15) is 30.2 Å². The summed E-state index contributed by atoms with van der Waals surface area (Å²) in [5.74, 6) is 0.290. The van der Waals surface area contributed by atoms with Crippen LogP contribution in [0.15, 0.2) is 17.5 Å². The number of aliphatic hydroxyl groups is 1. The van der Waals surface area contributed by atoms with Crippen LogP contribution in [-0.4, -0.2) is 30.5 Å². The lowest BCUT2D eigenvalue weighted by Gasteiger charge is -2.38. The predicted octanol–water partition coefficient (Wildman–Crippen LogP) is 3.58. The van der Waals surface area contributed by atoms with Crippen molar-refractivity contribution >= 4 is 32.1 Å². The molecule has 3 atom stereocenters. The molecule has 1 spiro atoms. The van der Waals surface area contributed by atoms with E-state index in [4.69, 9.17) is 9.47 Å². The third-order valence-corrected chi connectivity index (χ3v) is 6.66. The Balaban J connectivity index is 1.55. The highest BCUT2D eigenvalue weighted by molar-refractivity contribution is 7.26. The third-order valence-electron chi connectivity index (χ3n) is 4.49. The molecule has 2 aliphatic heterocycles. The van der Waals surface area contributed by atoms with Crippen molar-refractivity contribution in [1.29, 1.82) is 0 Å². The van der Waals surface area contributed by atoms with Crippen LogP contribution < -0.4 is 0 Å². The zero-order chi connectivity index (χ0) is 13.6. The average Bonchev–Trinajstić information content (AvgIpc) is 3.13. The number of ether oxygens (including phenoxy) is 2. The van der Waals surface area contributed by atoms with Gasteiger partial charge in [0.15, 0.2) is 0 Å². The SMILES string of the molecule is OC(c1cc2sccc2s1)C1CCOC2(CCOC2)C1. The summed E-state index contributed by atoms with van der Waals surface area (Å²) in [6, 6.07) is 4.29. The van der Waals surface area contributed by atoms with Gasteiger partial charge in [-0.05, 0) is 36.3 Å². The molecular formula is C15H18O3S2. The van der Waals surface area contributed by atoms with E-state index in [1.165, 1.54) is 9.40 Å². The number of aliphatic hydroxyl groups excluding tert-OH is 1. The molecule has 4 rings (SSSR count). The van der Waals surface area contributed by atoms with Gasteiger partial charge in [-0.3, -0.25) is 0 Å². The standard InChI is InChI=1S/C15H18O3S2/c16-14(13-7-12-11(20-13)2-6-19-12)10-1-4-18-15(8-10)3-5-17-9-15/h2,6-7,10,14,16H,1,3-5,8-9H2. The van der Waals surface area contributed by atoms with Crippen molar-refractivity contribution in [3.8, 4) is 0 Å². The fourth-order valence-electron chi connectivity index (χ4n) is 3.36. The molecule has 0 bridgehead atoms. The lowest BCUT2D eigenvalue weighted by Crippen LogP contribution is -2.41. The average molecular weight is 310 g/mol. The van der Waals surface area contributed by atoms with E-state index >= 15 is 0 Å². The van der Waals surface area contributed by atoms with Crippen molar-refractivity contribution in [1.82, 2.24) is 0 Å². The van der Waals surface area contributed by atoms with Gasteiger partial charge < -0.3 is 14.6 Å². The Bertz CT molecular complexity index is 569. The summed E-state index contributed by atoms with van der Waals surface area (Å²) >= 11 is 3.47. The van der Waals surface area contributed by atoms with Gasteiger partial charge in [0.05, 0.1) is 18.3 Å². The Morgan fingerprint density at radius 1 is 1.35 bits per heavy atom. The Morgan fingerprint density at radius 2 is 2.30 bits per heavy atom. The fraction of sp³-hybridized carbons (Fsp3) is 0.600. The van der Waals surface area contributed by atoms with Gasteiger partial charge in [-0.25, -0.2) is 0 Å². The number of hydrogen-bond donors (Lipinski definition) is 1. The zero-order valence-electron chi connectivity index (χ0n) is 11.2. The molecule has 1 N–H and O–H groups in total. The number of rotatable bonds is 2. The number of hydrogen-bond acceptors (Lipinski definition) is 5. The molecule has 20 heavy (non-hydrogen) atoms. The first-order chi connectivity index (χ1) is 9.76. The maximum atomic E-state index is 10.7. The van der Waals surface area contributed by atoms with Gasteiger partial charge in [-0.1, -0.05) is 0 Å². The maximum Gasteiger partial charge on any atom is 0.0940 e. The largest absolute Gasteiger partial charge is 0.387 e. The van der Waals surface area contributed by atoms with Crippen molar-refractivity contribution < 1.29 is 14.6 Å². The van der Waals surface area contributed by atoms with Gasteiger partial charge in [0.2, 0.25) is 0 Å². The van der Waals surface area contributed by atoms with Gasteiger partial charge in [-0.15, -0.1) is 22.7 Å². The van der Waals surface area contributed by atoms with Crippen molar-refractivity contribution in [3.05, 3.63) is 22.4 Å². The quantitative estimate of drug-likeness (QED) is 0.921. The molecule has 5 heteroatoms. The highest BCUT2D eigenvalue weighted by Crippen LogP contribution is 2.43. The summed E-state index contributed by atoms with van der Waals surface area (Å²) in [5, 5.41) is 12.8. The molecule has 2 aliphatic rings. The Kier molecular flexibility index (Phi) is 3.35. The van der Waals surface area contributed by atoms with Crippen molar-refractivity contribution in [2.75, 3.05) is 19.8 Å². The molecule has 108 valence electrons. The van der Waals surface area contributed by atoms with Crippen LogP contribution in [-0.2, 0) is 9.47 Å². The summed E-state index contributed by atoms with van der Waals surface area (Å²) in [6.07, 6.45) is 2.46. The second-order valence-corrected chi connectivity index (χ2v) is 7.89. The third kappa shape index (κ3) is 2.22. The van der Waals surface area contributed by atoms with Gasteiger partial charge in [0, 0.05) is 33.9 Å². The van der Waals surface area contributed by atoms with E-state index in [0.29, 0.717) is 12.5 Å². The van der Waals surface area contributed by atoms with E-state index in [0.717, 1.165) is 37.4 Å². The molecule has 0 aliphatic carbocycles. The van der Waals surface area contributed by atoms with Crippen LogP contribution in [0, 0.1) is 5.92 Å². The summed E-state index contributed by atoms with van der Waals surface area (Å²) in [4.78, 5) is 1.10. The summed E-state index contributed by atoms with van der Waals surface area (Å²) in [5.41, 5.74) is -0.126. The van der Waals surface area contributed by atoms with Crippen molar-refractivity contribution in [2.24, 2.45) is 5.92 Å². The van der Waals surface area contributed by atoms with E-state index in [1.807, 2.05) is 0 Å². The molecule has 4 heterocycles. The van der Waals surface area contributed by atoms with Crippen molar-refractivity contribution in [2.45, 2.75) is 31.0 Å². The molecule has 3 unspecified atom stereocenters. The second-order valence-electron chi connectivity index (χ2n) is 5.83. The van der Waals surface area contributed by atoms with E-state index in [-0.39, 0.29) is 11.7 Å². The normalized spacial score (nSPS) is 32.1. The van der Waals surface area contributed by atoms with E-state index < -0.39 is 0 Å². The van der Waals surface area contributed by atoms with Gasteiger partial charge in [0.25, 0.3) is 0 Å². The first-order valence-electron chi connectivity index (χ1n) is 7.12. The minimum atomic E-state index is -0.360. The van der Waals surface area contributed by atoms with Crippen LogP contribution >= 0.6 is 22.7 Å². The monoisotopic (exact) mass is 310 g/mol. The molecule has 2 aromatic rings. The first kappa shape index (κ1) is 13.2. The molecule has 0 amide bonds. The fourth-order valence-corrected chi connectivity index (χ4v) is 5.56. The molecule has 2 aromatic heterocycles. The van der Waals surface area contributed by atoms with Crippen LogP contribution in [0.5, 0.6) is 0 Å². The molecule has 2 saturated heterocycles. The van der Waals surface area contributed by atoms with Gasteiger partial charge >= 0.3 is 0 Å². The topological polar surface area (TPSA) is 38.7 Å². The van der Waals surface area contributed by atoms with E-state index in [9.17, 15) is 5.11 Å². The predicted molar refractivity (Wildman–Crippen MR) is 81.5 cm³/mol. The van der Waals surface area contributed by atoms with E-state index in [2.05, 4.69) is 17.5 Å². The maximum absolute atomic E-state index is 10.7. The summed E-state index contributed by atoms with van der Waals surface area (Å²) < 4.78 is 14.0.